The average molecular weight is 319 g/mol. The van der Waals surface area contributed by atoms with Crippen molar-refractivity contribution < 1.29 is 17.9 Å². The highest BCUT2D eigenvalue weighted by atomic mass is 32.2. The Morgan fingerprint density at radius 1 is 1.19 bits per heavy atom. The van der Waals surface area contributed by atoms with Gasteiger partial charge in [-0.15, -0.1) is 11.8 Å². The summed E-state index contributed by atoms with van der Waals surface area (Å²) < 4.78 is 40.1. The Hall–Kier alpha value is -0.720. The van der Waals surface area contributed by atoms with E-state index in [-0.39, 0.29) is 6.61 Å². The zero-order chi connectivity index (χ0) is 15.1. The zero-order valence-electron chi connectivity index (χ0n) is 11.8. The molecular weight excluding hydrogens is 299 g/mol. The van der Waals surface area contributed by atoms with Gasteiger partial charge in [-0.2, -0.15) is 13.2 Å². The fourth-order valence-corrected chi connectivity index (χ4v) is 2.62. The molecule has 0 spiro atoms. The van der Waals surface area contributed by atoms with Gasteiger partial charge in [-0.3, -0.25) is 0 Å². The van der Waals surface area contributed by atoms with E-state index in [1.807, 2.05) is 0 Å². The molecule has 6 heteroatoms. The Morgan fingerprint density at radius 3 is 2.52 bits per heavy atom. The predicted molar refractivity (Wildman–Crippen MR) is 78.5 cm³/mol. The van der Waals surface area contributed by atoms with Crippen molar-refractivity contribution in [2.24, 2.45) is 0 Å². The Bertz CT molecular complexity index is 418. The van der Waals surface area contributed by atoms with Crippen LogP contribution in [-0.2, 0) is 11.3 Å². The third-order valence-corrected chi connectivity index (χ3v) is 4.16. The Morgan fingerprint density at radius 2 is 1.90 bits per heavy atom. The third-order valence-electron chi connectivity index (χ3n) is 3.06. The highest BCUT2D eigenvalue weighted by Gasteiger charge is 2.27. The van der Waals surface area contributed by atoms with Crippen molar-refractivity contribution in [3.8, 4) is 0 Å². The quantitative estimate of drug-likeness (QED) is 0.549. The molecule has 0 unspecified atom stereocenters. The summed E-state index contributed by atoms with van der Waals surface area (Å²) in [4.78, 5) is 1.14. The van der Waals surface area contributed by atoms with Gasteiger partial charge in [-0.05, 0) is 37.0 Å². The molecule has 1 saturated carbocycles. The lowest BCUT2D eigenvalue weighted by Crippen LogP contribution is -2.17. The molecule has 0 heterocycles. The van der Waals surface area contributed by atoms with Crippen LogP contribution in [0.3, 0.4) is 0 Å². The minimum absolute atomic E-state index is 0.149. The highest BCUT2D eigenvalue weighted by Crippen LogP contribution is 2.21. The zero-order valence-corrected chi connectivity index (χ0v) is 12.6. The lowest BCUT2D eigenvalue weighted by molar-refractivity contribution is -0.173. The number of thioether (sulfide) groups is 1. The predicted octanol–water partition coefficient (Wildman–Crippen LogP) is 4.00. The number of alkyl halides is 3. The van der Waals surface area contributed by atoms with Crippen LogP contribution < -0.4 is 5.32 Å². The number of benzene rings is 1. The molecule has 1 aliphatic carbocycles. The van der Waals surface area contributed by atoms with Crippen molar-refractivity contribution >= 4 is 11.8 Å². The molecule has 0 bridgehead atoms. The number of hydrogen-bond acceptors (Lipinski definition) is 3. The van der Waals surface area contributed by atoms with Crippen LogP contribution >= 0.6 is 11.8 Å². The maximum atomic E-state index is 11.8. The topological polar surface area (TPSA) is 21.3 Å². The van der Waals surface area contributed by atoms with Gasteiger partial charge >= 0.3 is 6.18 Å². The molecule has 0 aromatic heterocycles. The second-order valence-corrected chi connectivity index (χ2v) is 6.34. The first-order valence-electron chi connectivity index (χ1n) is 7.12. The van der Waals surface area contributed by atoms with E-state index in [1.54, 1.807) is 11.8 Å². The Labute approximate surface area is 127 Å². The van der Waals surface area contributed by atoms with Gasteiger partial charge in [0, 0.05) is 29.8 Å². The average Bonchev–Trinajstić information content (AvgIpc) is 3.25. The van der Waals surface area contributed by atoms with Crippen LogP contribution in [-0.4, -0.2) is 31.2 Å². The first-order chi connectivity index (χ1) is 10.0. The maximum absolute atomic E-state index is 11.8. The number of rotatable bonds is 9. The molecule has 1 aromatic rings. The van der Waals surface area contributed by atoms with Crippen LogP contribution in [0.15, 0.2) is 29.2 Å². The van der Waals surface area contributed by atoms with E-state index in [1.165, 1.54) is 18.4 Å². The fourth-order valence-electron chi connectivity index (χ4n) is 1.79. The first kappa shape index (κ1) is 16.6. The molecule has 0 aliphatic heterocycles. The standard InChI is InChI=1S/C15H20F3NOS/c16-15(17,18)11-20-8-1-9-21-14-6-2-12(3-7-14)10-19-13-4-5-13/h2-3,6-7,13,19H,1,4-5,8-11H2. The molecule has 0 saturated heterocycles. The monoisotopic (exact) mass is 319 g/mol. The van der Waals surface area contributed by atoms with E-state index in [0.717, 1.165) is 17.2 Å². The molecule has 1 fully saturated rings. The minimum Gasteiger partial charge on any atom is -0.372 e. The number of ether oxygens (including phenoxy) is 1. The van der Waals surface area contributed by atoms with Crippen LogP contribution in [0.2, 0.25) is 0 Å². The fraction of sp³-hybridized carbons (Fsp3) is 0.600. The van der Waals surface area contributed by atoms with Crippen molar-refractivity contribution in [2.75, 3.05) is 19.0 Å². The third kappa shape index (κ3) is 7.74. The second kappa shape index (κ2) is 8.06. The van der Waals surface area contributed by atoms with E-state index < -0.39 is 12.8 Å². The molecule has 118 valence electrons. The molecule has 1 N–H and O–H groups in total. The van der Waals surface area contributed by atoms with E-state index in [4.69, 9.17) is 0 Å². The van der Waals surface area contributed by atoms with Crippen molar-refractivity contribution in [3.63, 3.8) is 0 Å². The second-order valence-electron chi connectivity index (χ2n) is 5.17. The SMILES string of the molecule is FC(F)(F)COCCCSc1ccc(CNC2CC2)cc1. The van der Waals surface area contributed by atoms with Gasteiger partial charge in [-0.1, -0.05) is 12.1 Å². The van der Waals surface area contributed by atoms with Gasteiger partial charge in [-0.25, -0.2) is 0 Å². The number of nitrogens with one attached hydrogen (secondary N) is 1. The van der Waals surface area contributed by atoms with Crippen molar-refractivity contribution in [1.82, 2.24) is 5.32 Å². The number of hydrogen-bond donors (Lipinski definition) is 1. The molecule has 0 atom stereocenters. The van der Waals surface area contributed by atoms with Gasteiger partial charge in [0.2, 0.25) is 0 Å². The lowest BCUT2D eigenvalue weighted by atomic mass is 10.2. The van der Waals surface area contributed by atoms with Crippen LogP contribution in [0.5, 0.6) is 0 Å². The van der Waals surface area contributed by atoms with Gasteiger partial charge in [0.1, 0.15) is 6.61 Å². The van der Waals surface area contributed by atoms with Gasteiger partial charge in [0.15, 0.2) is 0 Å². The van der Waals surface area contributed by atoms with Crippen LogP contribution in [0.1, 0.15) is 24.8 Å². The summed E-state index contributed by atoms with van der Waals surface area (Å²) in [6.45, 7) is -0.100. The molecule has 2 nitrogen and oxygen atoms in total. The summed E-state index contributed by atoms with van der Waals surface area (Å²) in [5, 5.41) is 3.46. The molecule has 0 radical (unpaired) electrons. The van der Waals surface area contributed by atoms with Crippen LogP contribution in [0.25, 0.3) is 0 Å². The van der Waals surface area contributed by atoms with Gasteiger partial charge < -0.3 is 10.1 Å². The Kier molecular flexibility index (Phi) is 6.39. The first-order valence-corrected chi connectivity index (χ1v) is 8.11. The van der Waals surface area contributed by atoms with Crippen LogP contribution in [0, 0.1) is 0 Å². The van der Waals surface area contributed by atoms with E-state index >= 15 is 0 Å². The summed E-state index contributed by atoms with van der Waals surface area (Å²) in [5.74, 6) is 0.761. The lowest BCUT2D eigenvalue weighted by Gasteiger charge is -2.07. The summed E-state index contributed by atoms with van der Waals surface area (Å²) >= 11 is 1.64. The molecule has 1 aliphatic rings. The van der Waals surface area contributed by atoms with E-state index in [2.05, 4.69) is 34.3 Å². The molecule has 21 heavy (non-hydrogen) atoms. The van der Waals surface area contributed by atoms with Crippen molar-refractivity contribution in [3.05, 3.63) is 29.8 Å². The summed E-state index contributed by atoms with van der Waals surface area (Å²) in [5.41, 5.74) is 1.26. The van der Waals surface area contributed by atoms with E-state index in [9.17, 15) is 13.2 Å². The maximum Gasteiger partial charge on any atom is 0.411 e. The van der Waals surface area contributed by atoms with Crippen LogP contribution in [0.4, 0.5) is 13.2 Å². The largest absolute Gasteiger partial charge is 0.411 e. The van der Waals surface area contributed by atoms with Crippen molar-refractivity contribution in [2.45, 2.75) is 42.9 Å². The summed E-state index contributed by atoms with van der Waals surface area (Å²) in [7, 11) is 0. The Balaban J connectivity index is 1.55. The smallest absolute Gasteiger partial charge is 0.372 e. The number of halogens is 3. The molecule has 1 aromatic carbocycles. The highest BCUT2D eigenvalue weighted by molar-refractivity contribution is 7.99. The van der Waals surface area contributed by atoms with Gasteiger partial charge in [0.05, 0.1) is 0 Å². The van der Waals surface area contributed by atoms with Crippen molar-refractivity contribution in [1.29, 1.82) is 0 Å². The summed E-state index contributed by atoms with van der Waals surface area (Å²) in [6.07, 6.45) is -1.04. The normalized spacial score (nSPS) is 15.4. The van der Waals surface area contributed by atoms with E-state index in [0.29, 0.717) is 12.5 Å². The minimum atomic E-state index is -4.22. The van der Waals surface area contributed by atoms with Gasteiger partial charge in [0.25, 0.3) is 0 Å². The molecular formula is C15H20F3NOS. The molecule has 0 amide bonds. The molecule has 2 rings (SSSR count). The summed E-state index contributed by atoms with van der Waals surface area (Å²) in [6, 6.07) is 9.02.